The maximum atomic E-state index is 11.1. The summed E-state index contributed by atoms with van der Waals surface area (Å²) in [5.41, 5.74) is 1.07. The Balaban J connectivity index is 2.27. The third kappa shape index (κ3) is 5.11. The Kier molecular flexibility index (Phi) is 6.10. The molecule has 1 unspecified atom stereocenters. The number of para-hydroxylation sites is 1. The summed E-state index contributed by atoms with van der Waals surface area (Å²) in [5.74, 6) is 6.23. The second kappa shape index (κ2) is 7.62. The first-order valence-electron chi connectivity index (χ1n) is 5.67. The van der Waals surface area contributed by atoms with Crippen molar-refractivity contribution in [2.24, 2.45) is 0 Å². The van der Waals surface area contributed by atoms with Crippen molar-refractivity contribution in [2.45, 2.75) is 19.2 Å². The zero-order valence-electron chi connectivity index (χ0n) is 10.5. The van der Waals surface area contributed by atoms with Gasteiger partial charge in [0, 0.05) is 0 Å². The fraction of sp³-hybridized carbons (Fsp3) is 0.357. The minimum atomic E-state index is -0.532. The van der Waals surface area contributed by atoms with E-state index in [1.54, 1.807) is 6.92 Å². The molecule has 3 nitrogen and oxygen atoms in total. The van der Waals surface area contributed by atoms with Crippen LogP contribution in [0.5, 0.6) is 5.75 Å². The van der Waals surface area contributed by atoms with Crippen LogP contribution in [0.2, 0.25) is 0 Å². The molecule has 0 bridgehead atoms. The van der Waals surface area contributed by atoms with Gasteiger partial charge < -0.3 is 10.1 Å². The van der Waals surface area contributed by atoms with E-state index >= 15 is 0 Å². The van der Waals surface area contributed by atoms with Gasteiger partial charge in [-0.15, -0.1) is 11.6 Å². The summed E-state index contributed by atoms with van der Waals surface area (Å²) in [4.78, 5) is 11.1. The van der Waals surface area contributed by atoms with Gasteiger partial charge in [-0.1, -0.05) is 30.0 Å². The Bertz CT molecular complexity index is 460. The van der Waals surface area contributed by atoms with Crippen molar-refractivity contribution in [3.63, 3.8) is 0 Å². The van der Waals surface area contributed by atoms with Crippen molar-refractivity contribution in [1.82, 2.24) is 5.32 Å². The Morgan fingerprint density at radius 1 is 1.44 bits per heavy atom. The van der Waals surface area contributed by atoms with Gasteiger partial charge in [0.2, 0.25) is 5.91 Å². The highest BCUT2D eigenvalue weighted by Gasteiger charge is 2.05. The molecule has 1 aromatic rings. The van der Waals surface area contributed by atoms with E-state index in [2.05, 4.69) is 17.2 Å². The van der Waals surface area contributed by atoms with Crippen LogP contribution in [0.1, 0.15) is 12.5 Å². The van der Waals surface area contributed by atoms with E-state index < -0.39 is 5.38 Å². The molecule has 0 aliphatic rings. The summed E-state index contributed by atoms with van der Waals surface area (Å²) in [5, 5.41) is 2.06. The highest BCUT2D eigenvalue weighted by atomic mass is 35.5. The molecule has 1 aromatic carbocycles. The van der Waals surface area contributed by atoms with Crippen LogP contribution in [0.3, 0.4) is 0 Å². The molecule has 96 valence electrons. The van der Waals surface area contributed by atoms with Gasteiger partial charge in [-0.05, 0) is 25.5 Å². The number of alkyl halides is 1. The number of hydrogen-bond acceptors (Lipinski definition) is 2. The van der Waals surface area contributed by atoms with Gasteiger partial charge in [-0.3, -0.25) is 4.79 Å². The van der Waals surface area contributed by atoms with Gasteiger partial charge in [0.25, 0.3) is 0 Å². The van der Waals surface area contributed by atoms with Crippen LogP contribution < -0.4 is 10.1 Å². The zero-order chi connectivity index (χ0) is 13.4. The Morgan fingerprint density at radius 3 is 2.83 bits per heavy atom. The van der Waals surface area contributed by atoms with Crippen LogP contribution in [0, 0.1) is 18.8 Å². The molecular weight excluding hydrogens is 250 g/mol. The molecule has 1 N–H and O–H groups in total. The molecule has 4 heteroatoms. The maximum Gasteiger partial charge on any atom is 0.238 e. The van der Waals surface area contributed by atoms with E-state index in [0.29, 0.717) is 6.61 Å². The van der Waals surface area contributed by atoms with Gasteiger partial charge in [0.05, 0.1) is 6.54 Å². The zero-order valence-corrected chi connectivity index (χ0v) is 11.3. The van der Waals surface area contributed by atoms with Gasteiger partial charge in [0.15, 0.2) is 0 Å². The van der Waals surface area contributed by atoms with Crippen molar-refractivity contribution in [3.8, 4) is 17.6 Å². The molecule has 0 fully saturated rings. The van der Waals surface area contributed by atoms with E-state index in [1.807, 2.05) is 31.2 Å². The van der Waals surface area contributed by atoms with Crippen LogP contribution in [0.25, 0.3) is 0 Å². The first-order valence-corrected chi connectivity index (χ1v) is 6.11. The second-order valence-electron chi connectivity index (χ2n) is 3.74. The standard InChI is InChI=1S/C14H16ClNO2/c1-11-7-3-4-8-13(11)18-10-6-5-9-16-14(17)12(2)15/h3-4,7-8,12H,9-10H2,1-2H3,(H,16,17). The summed E-state index contributed by atoms with van der Waals surface area (Å²) in [6.07, 6.45) is 0. The molecule has 0 spiro atoms. The molecule has 18 heavy (non-hydrogen) atoms. The van der Waals surface area contributed by atoms with E-state index in [-0.39, 0.29) is 12.5 Å². The van der Waals surface area contributed by atoms with Crippen LogP contribution in [0.4, 0.5) is 0 Å². The summed E-state index contributed by atoms with van der Waals surface area (Å²) in [6, 6.07) is 7.74. The molecule has 0 aliphatic carbocycles. The summed E-state index contributed by atoms with van der Waals surface area (Å²) < 4.78 is 5.48. The van der Waals surface area contributed by atoms with Crippen molar-refractivity contribution < 1.29 is 9.53 Å². The van der Waals surface area contributed by atoms with Crippen molar-refractivity contribution in [3.05, 3.63) is 29.8 Å². The molecule has 1 amide bonds. The minimum absolute atomic E-state index is 0.217. The van der Waals surface area contributed by atoms with Crippen LogP contribution >= 0.6 is 11.6 Å². The molecule has 0 radical (unpaired) electrons. The number of rotatable bonds is 4. The number of nitrogens with one attached hydrogen (secondary N) is 1. The smallest absolute Gasteiger partial charge is 0.238 e. The number of carbonyl (C=O) groups excluding carboxylic acids is 1. The molecule has 0 heterocycles. The van der Waals surface area contributed by atoms with E-state index in [9.17, 15) is 4.79 Å². The largest absolute Gasteiger partial charge is 0.481 e. The summed E-state index contributed by atoms with van der Waals surface area (Å²) in [6.45, 7) is 4.18. The highest BCUT2D eigenvalue weighted by Crippen LogP contribution is 2.15. The normalized spacial score (nSPS) is 11.1. The number of halogens is 1. The van der Waals surface area contributed by atoms with Gasteiger partial charge in [-0.2, -0.15) is 0 Å². The summed E-state index contributed by atoms with van der Waals surface area (Å²) in [7, 11) is 0. The van der Waals surface area contributed by atoms with E-state index in [1.165, 1.54) is 0 Å². The van der Waals surface area contributed by atoms with Crippen LogP contribution in [-0.4, -0.2) is 24.4 Å². The predicted octanol–water partition coefficient (Wildman–Crippen LogP) is 2.12. The summed E-state index contributed by atoms with van der Waals surface area (Å²) >= 11 is 5.58. The quantitative estimate of drug-likeness (QED) is 0.669. The SMILES string of the molecule is Cc1ccccc1OCC#CCNC(=O)C(C)Cl. The lowest BCUT2D eigenvalue weighted by atomic mass is 10.2. The Hall–Kier alpha value is -1.66. The van der Waals surface area contributed by atoms with E-state index in [0.717, 1.165) is 11.3 Å². The molecule has 0 aromatic heterocycles. The molecule has 0 saturated carbocycles. The lowest BCUT2D eigenvalue weighted by Crippen LogP contribution is -2.29. The van der Waals surface area contributed by atoms with Crippen molar-refractivity contribution >= 4 is 17.5 Å². The van der Waals surface area contributed by atoms with Gasteiger partial charge >= 0.3 is 0 Å². The number of hydrogen-bond donors (Lipinski definition) is 1. The van der Waals surface area contributed by atoms with Crippen LogP contribution in [0.15, 0.2) is 24.3 Å². The first-order chi connectivity index (χ1) is 8.61. The topological polar surface area (TPSA) is 38.3 Å². The van der Waals surface area contributed by atoms with E-state index in [4.69, 9.17) is 16.3 Å². The lowest BCUT2D eigenvalue weighted by Gasteiger charge is -2.04. The minimum Gasteiger partial charge on any atom is -0.481 e. The average molecular weight is 266 g/mol. The second-order valence-corrected chi connectivity index (χ2v) is 4.40. The Morgan fingerprint density at radius 2 is 2.17 bits per heavy atom. The number of aryl methyl sites for hydroxylation is 1. The molecule has 1 rings (SSSR count). The van der Waals surface area contributed by atoms with Crippen molar-refractivity contribution in [2.75, 3.05) is 13.2 Å². The third-order valence-electron chi connectivity index (χ3n) is 2.23. The Labute approximate surface area is 112 Å². The molecule has 1 atom stereocenters. The molecule has 0 aliphatic heterocycles. The molecule has 0 saturated heterocycles. The number of benzene rings is 1. The lowest BCUT2D eigenvalue weighted by molar-refractivity contribution is -0.120. The van der Waals surface area contributed by atoms with Gasteiger partial charge in [-0.25, -0.2) is 0 Å². The average Bonchev–Trinajstić information content (AvgIpc) is 2.35. The molecular formula is C14H16ClNO2. The third-order valence-corrected chi connectivity index (χ3v) is 2.43. The first kappa shape index (κ1) is 14.4. The van der Waals surface area contributed by atoms with Gasteiger partial charge in [0.1, 0.15) is 17.7 Å². The fourth-order valence-electron chi connectivity index (χ4n) is 1.22. The fourth-order valence-corrected chi connectivity index (χ4v) is 1.29. The van der Waals surface area contributed by atoms with Crippen molar-refractivity contribution in [1.29, 1.82) is 0 Å². The number of ether oxygens (including phenoxy) is 1. The highest BCUT2D eigenvalue weighted by molar-refractivity contribution is 6.30. The van der Waals surface area contributed by atoms with Crippen LogP contribution in [-0.2, 0) is 4.79 Å². The monoisotopic (exact) mass is 265 g/mol. The number of amides is 1. The maximum absolute atomic E-state index is 11.1. The number of carbonyl (C=O) groups is 1. The predicted molar refractivity (Wildman–Crippen MR) is 72.8 cm³/mol.